The molecular weight excluding hydrogens is 314 g/mol. The fourth-order valence-electron chi connectivity index (χ4n) is 2.13. The third kappa shape index (κ3) is 4.35. The average molecular weight is 330 g/mol. The molecule has 0 radical (unpaired) electrons. The summed E-state index contributed by atoms with van der Waals surface area (Å²) in [6.07, 6.45) is 2.45. The number of nitrogens with zero attached hydrogens (tertiary/aromatic N) is 1. The summed E-state index contributed by atoms with van der Waals surface area (Å²) in [6.45, 7) is 0. The molecule has 21 heavy (non-hydrogen) atoms. The van der Waals surface area contributed by atoms with Gasteiger partial charge < -0.3 is 4.74 Å². The Labute approximate surface area is 132 Å². The van der Waals surface area contributed by atoms with E-state index < -0.39 is 4.92 Å². The Bertz CT molecular complexity index is 560. The van der Waals surface area contributed by atoms with Gasteiger partial charge >= 0.3 is 5.97 Å². The lowest BCUT2D eigenvalue weighted by atomic mass is 10.1. The molecule has 2 rings (SSSR count). The summed E-state index contributed by atoms with van der Waals surface area (Å²) < 4.78 is 4.70. The Morgan fingerprint density at radius 2 is 2.24 bits per heavy atom. The van der Waals surface area contributed by atoms with Crippen molar-refractivity contribution < 1.29 is 14.5 Å². The van der Waals surface area contributed by atoms with E-state index in [0.717, 1.165) is 18.6 Å². The van der Waals surface area contributed by atoms with Crippen LogP contribution in [0.25, 0.3) is 0 Å². The lowest BCUT2D eigenvalue weighted by molar-refractivity contribution is -0.385. The molecule has 0 amide bonds. The summed E-state index contributed by atoms with van der Waals surface area (Å²) in [4.78, 5) is 21.9. The molecule has 7 heteroatoms. The number of ether oxygens (including phenoxy) is 1. The molecule has 0 atom stereocenters. The highest BCUT2D eigenvalue weighted by Crippen LogP contribution is 2.51. The van der Waals surface area contributed by atoms with Crippen molar-refractivity contribution in [2.24, 2.45) is 5.41 Å². The van der Waals surface area contributed by atoms with Crippen LogP contribution in [0.3, 0.4) is 0 Å². The topological polar surface area (TPSA) is 69.4 Å². The van der Waals surface area contributed by atoms with E-state index in [1.165, 1.54) is 13.2 Å². The van der Waals surface area contributed by atoms with E-state index in [-0.39, 0.29) is 17.1 Å². The highest BCUT2D eigenvalue weighted by molar-refractivity contribution is 7.98. The minimum Gasteiger partial charge on any atom is -0.469 e. The first kappa shape index (κ1) is 16.1. The van der Waals surface area contributed by atoms with Crippen molar-refractivity contribution in [3.63, 3.8) is 0 Å². The Hall–Kier alpha value is -1.27. The number of rotatable bonds is 7. The molecule has 1 aliphatic carbocycles. The van der Waals surface area contributed by atoms with Crippen molar-refractivity contribution in [2.45, 2.75) is 25.0 Å². The fraction of sp³-hybridized carbons (Fsp3) is 0.500. The van der Waals surface area contributed by atoms with Crippen LogP contribution in [0, 0.1) is 15.5 Å². The molecule has 1 aliphatic rings. The maximum atomic E-state index is 11.3. The van der Waals surface area contributed by atoms with E-state index in [0.29, 0.717) is 22.8 Å². The average Bonchev–Trinajstić information content (AvgIpc) is 3.19. The monoisotopic (exact) mass is 329 g/mol. The van der Waals surface area contributed by atoms with Crippen LogP contribution in [0.1, 0.15) is 24.8 Å². The molecule has 1 fully saturated rings. The standard InChI is InChI=1S/C14H16ClNO4S/c1-20-13(17)7-14(4-5-14)9-21-8-10-2-3-11(15)6-12(10)16(18)19/h2-3,6H,4-5,7-9H2,1H3. The van der Waals surface area contributed by atoms with Crippen LogP contribution < -0.4 is 0 Å². The van der Waals surface area contributed by atoms with E-state index in [1.807, 2.05) is 0 Å². The third-order valence-corrected chi connectivity index (χ3v) is 5.18. The van der Waals surface area contributed by atoms with Gasteiger partial charge in [-0.1, -0.05) is 11.6 Å². The van der Waals surface area contributed by atoms with E-state index in [1.54, 1.807) is 23.9 Å². The number of benzene rings is 1. The predicted octanol–water partition coefficient (Wildman–Crippen LogP) is 3.82. The fourth-order valence-corrected chi connectivity index (χ4v) is 3.69. The quantitative estimate of drug-likeness (QED) is 0.432. The number of carbonyl (C=O) groups is 1. The summed E-state index contributed by atoms with van der Waals surface area (Å²) in [6, 6.07) is 4.72. The molecule has 0 heterocycles. The van der Waals surface area contributed by atoms with Crippen molar-refractivity contribution in [2.75, 3.05) is 12.9 Å². The Balaban J connectivity index is 1.92. The molecule has 114 valence electrons. The van der Waals surface area contributed by atoms with Crippen molar-refractivity contribution in [3.8, 4) is 0 Å². The minimum absolute atomic E-state index is 0.0268. The van der Waals surface area contributed by atoms with Gasteiger partial charge in [0.15, 0.2) is 0 Å². The molecule has 0 aliphatic heterocycles. The van der Waals surface area contributed by atoms with Crippen LogP contribution >= 0.6 is 23.4 Å². The van der Waals surface area contributed by atoms with Gasteiger partial charge in [-0.05, 0) is 36.1 Å². The summed E-state index contributed by atoms with van der Waals surface area (Å²) >= 11 is 7.40. The number of hydrogen-bond acceptors (Lipinski definition) is 5. The Morgan fingerprint density at radius 3 is 2.81 bits per heavy atom. The normalized spacial score (nSPS) is 15.5. The second-order valence-electron chi connectivity index (χ2n) is 5.28. The molecule has 0 aromatic heterocycles. The van der Waals surface area contributed by atoms with Gasteiger partial charge in [0, 0.05) is 22.4 Å². The SMILES string of the molecule is COC(=O)CC1(CSCc2ccc(Cl)cc2[N+](=O)[O-])CC1. The van der Waals surface area contributed by atoms with Gasteiger partial charge in [-0.3, -0.25) is 14.9 Å². The van der Waals surface area contributed by atoms with Gasteiger partial charge in [0.1, 0.15) is 0 Å². The summed E-state index contributed by atoms with van der Waals surface area (Å²) in [5.41, 5.74) is 0.731. The molecule has 0 saturated heterocycles. The van der Waals surface area contributed by atoms with Crippen molar-refractivity contribution in [1.82, 2.24) is 0 Å². The van der Waals surface area contributed by atoms with E-state index in [4.69, 9.17) is 16.3 Å². The maximum absolute atomic E-state index is 11.3. The second kappa shape index (κ2) is 6.66. The van der Waals surface area contributed by atoms with Crippen LogP contribution in [0.5, 0.6) is 0 Å². The molecule has 0 N–H and O–H groups in total. The lowest BCUT2D eigenvalue weighted by Crippen LogP contribution is -2.13. The summed E-state index contributed by atoms with van der Waals surface area (Å²) in [5, 5.41) is 11.4. The van der Waals surface area contributed by atoms with Crippen molar-refractivity contribution >= 4 is 35.0 Å². The minimum atomic E-state index is -0.414. The van der Waals surface area contributed by atoms with Crippen LogP contribution in [0.15, 0.2) is 18.2 Å². The van der Waals surface area contributed by atoms with Crippen molar-refractivity contribution in [3.05, 3.63) is 38.9 Å². The van der Waals surface area contributed by atoms with Gasteiger partial charge in [0.2, 0.25) is 0 Å². The molecule has 0 bridgehead atoms. The number of nitro benzene ring substituents is 1. The first-order valence-electron chi connectivity index (χ1n) is 6.53. The zero-order valence-corrected chi connectivity index (χ0v) is 13.2. The van der Waals surface area contributed by atoms with Gasteiger partial charge in [0.25, 0.3) is 5.69 Å². The predicted molar refractivity (Wildman–Crippen MR) is 82.6 cm³/mol. The van der Waals surface area contributed by atoms with E-state index in [2.05, 4.69) is 0 Å². The van der Waals surface area contributed by atoms with Crippen LogP contribution in [-0.4, -0.2) is 23.8 Å². The zero-order valence-electron chi connectivity index (χ0n) is 11.6. The van der Waals surface area contributed by atoms with Gasteiger partial charge in [-0.2, -0.15) is 11.8 Å². The van der Waals surface area contributed by atoms with Gasteiger partial charge in [-0.25, -0.2) is 0 Å². The smallest absolute Gasteiger partial charge is 0.306 e. The third-order valence-electron chi connectivity index (χ3n) is 3.61. The number of methoxy groups -OCH3 is 1. The number of thioether (sulfide) groups is 1. The summed E-state index contributed by atoms with van der Waals surface area (Å²) in [5.74, 6) is 1.16. The number of nitro groups is 1. The number of hydrogen-bond donors (Lipinski definition) is 0. The molecule has 5 nitrogen and oxygen atoms in total. The Morgan fingerprint density at radius 1 is 1.52 bits per heavy atom. The molecule has 1 aromatic rings. The highest BCUT2D eigenvalue weighted by Gasteiger charge is 2.44. The van der Waals surface area contributed by atoms with Crippen molar-refractivity contribution in [1.29, 1.82) is 0 Å². The number of esters is 1. The van der Waals surface area contributed by atoms with Crippen LogP contribution in [0.4, 0.5) is 5.69 Å². The first-order chi connectivity index (χ1) is 9.96. The molecule has 0 unspecified atom stereocenters. The zero-order chi connectivity index (χ0) is 15.5. The number of carbonyl (C=O) groups excluding carboxylic acids is 1. The molecule has 0 spiro atoms. The first-order valence-corrected chi connectivity index (χ1v) is 8.06. The second-order valence-corrected chi connectivity index (χ2v) is 6.70. The largest absolute Gasteiger partial charge is 0.469 e. The lowest BCUT2D eigenvalue weighted by Gasteiger charge is -2.13. The maximum Gasteiger partial charge on any atom is 0.306 e. The highest BCUT2D eigenvalue weighted by atomic mass is 35.5. The van der Waals surface area contributed by atoms with Crippen LogP contribution in [0.2, 0.25) is 5.02 Å². The van der Waals surface area contributed by atoms with Crippen LogP contribution in [-0.2, 0) is 15.3 Å². The number of halogens is 1. The molecule has 1 aromatic carbocycles. The Kier molecular flexibility index (Phi) is 5.11. The van der Waals surface area contributed by atoms with E-state index >= 15 is 0 Å². The van der Waals surface area contributed by atoms with Gasteiger partial charge in [-0.15, -0.1) is 0 Å². The molecular formula is C14H16ClNO4S. The van der Waals surface area contributed by atoms with Gasteiger partial charge in [0.05, 0.1) is 18.5 Å². The molecule has 1 saturated carbocycles. The van der Waals surface area contributed by atoms with E-state index in [9.17, 15) is 14.9 Å². The summed E-state index contributed by atoms with van der Waals surface area (Å²) in [7, 11) is 1.39.